The molecule has 0 aliphatic rings. The number of carbonyl (C=O) groups excluding carboxylic acids is 1. The van der Waals surface area contributed by atoms with Crippen LogP contribution in [-0.4, -0.2) is 30.8 Å². The van der Waals surface area contributed by atoms with Crippen LogP contribution in [0.25, 0.3) is 0 Å². The summed E-state index contributed by atoms with van der Waals surface area (Å²) in [6.45, 7) is 5.14. The van der Waals surface area contributed by atoms with Crippen LogP contribution >= 0.6 is 0 Å². The van der Waals surface area contributed by atoms with Crippen molar-refractivity contribution in [3.05, 3.63) is 64.9 Å². The highest BCUT2D eigenvalue weighted by Gasteiger charge is 2.38. The van der Waals surface area contributed by atoms with Gasteiger partial charge in [-0.05, 0) is 44.2 Å². The van der Waals surface area contributed by atoms with Crippen molar-refractivity contribution < 1.29 is 35.9 Å². The number of hydrogen-bond acceptors (Lipinski definition) is 5. The molecule has 30 heavy (non-hydrogen) atoms. The second-order valence-corrected chi connectivity index (χ2v) is 8.32. The first-order chi connectivity index (χ1) is 13.6. The average molecular weight is 446 g/mol. The first-order valence-corrected chi connectivity index (χ1v) is 9.86. The standard InChI is InChI=1S/C19H18F4N2O4S/c1-4-15(8-5-12(2)20)30(28,29)11-18(3,27)17(26)25-14-7-6-13(10-24)16(9-14)19(21,22)23/h4-9,27H,2,11H2,1,3H3,(H,25,26)/b8-5-,15-4+. The molecule has 1 amide bonds. The summed E-state index contributed by atoms with van der Waals surface area (Å²) in [7, 11) is -4.27. The van der Waals surface area contributed by atoms with Gasteiger partial charge in [-0.3, -0.25) is 4.79 Å². The molecule has 1 rings (SSSR count). The molecule has 11 heteroatoms. The number of rotatable bonds is 7. The van der Waals surface area contributed by atoms with Crippen molar-refractivity contribution in [3.63, 3.8) is 0 Å². The lowest BCUT2D eigenvalue weighted by Gasteiger charge is -2.23. The summed E-state index contributed by atoms with van der Waals surface area (Å²) >= 11 is 0. The van der Waals surface area contributed by atoms with Crippen molar-refractivity contribution >= 4 is 21.4 Å². The minimum Gasteiger partial charge on any atom is -0.379 e. The Balaban J connectivity index is 3.14. The van der Waals surface area contributed by atoms with E-state index in [2.05, 4.69) is 6.58 Å². The number of allylic oxidation sites excluding steroid dienone is 4. The summed E-state index contributed by atoms with van der Waals surface area (Å²) in [6, 6.07) is 3.70. The number of benzene rings is 1. The van der Waals surface area contributed by atoms with Crippen LogP contribution in [0.5, 0.6) is 0 Å². The minimum atomic E-state index is -4.87. The lowest BCUT2D eigenvalue weighted by atomic mass is 10.1. The zero-order valence-corrected chi connectivity index (χ0v) is 16.7. The van der Waals surface area contributed by atoms with E-state index in [0.29, 0.717) is 6.07 Å². The molecule has 1 unspecified atom stereocenters. The van der Waals surface area contributed by atoms with Crippen LogP contribution in [-0.2, 0) is 20.8 Å². The normalized spacial score (nSPS) is 14.8. The fourth-order valence-electron chi connectivity index (χ4n) is 2.29. The summed E-state index contributed by atoms with van der Waals surface area (Å²) in [4.78, 5) is 11.9. The van der Waals surface area contributed by atoms with Gasteiger partial charge in [0.05, 0.1) is 27.9 Å². The van der Waals surface area contributed by atoms with Crippen molar-refractivity contribution in [2.24, 2.45) is 0 Å². The van der Waals surface area contributed by atoms with E-state index in [9.17, 15) is 35.9 Å². The van der Waals surface area contributed by atoms with Crippen LogP contribution in [0.2, 0.25) is 0 Å². The number of amides is 1. The zero-order valence-electron chi connectivity index (χ0n) is 15.9. The molecule has 0 heterocycles. The molecule has 0 aliphatic heterocycles. The number of nitriles is 1. The second kappa shape index (κ2) is 9.23. The van der Waals surface area contributed by atoms with E-state index in [0.717, 1.165) is 37.3 Å². The van der Waals surface area contributed by atoms with Crippen molar-refractivity contribution in [2.75, 3.05) is 11.1 Å². The van der Waals surface area contributed by atoms with Crippen molar-refractivity contribution in [2.45, 2.75) is 25.6 Å². The van der Waals surface area contributed by atoms with Crippen molar-refractivity contribution in [1.82, 2.24) is 0 Å². The molecule has 1 atom stereocenters. The highest BCUT2D eigenvalue weighted by molar-refractivity contribution is 7.95. The third-order valence-corrected chi connectivity index (χ3v) is 5.77. The summed E-state index contributed by atoms with van der Waals surface area (Å²) in [5, 5.41) is 21.1. The fourth-order valence-corrected chi connectivity index (χ4v) is 3.96. The predicted molar refractivity (Wildman–Crippen MR) is 102 cm³/mol. The lowest BCUT2D eigenvalue weighted by Crippen LogP contribution is -2.46. The van der Waals surface area contributed by atoms with Crippen LogP contribution in [0.3, 0.4) is 0 Å². The number of nitrogens with zero attached hydrogens (tertiary/aromatic N) is 1. The molecule has 6 nitrogen and oxygen atoms in total. The largest absolute Gasteiger partial charge is 0.417 e. The topological polar surface area (TPSA) is 107 Å². The van der Waals surface area contributed by atoms with Crippen LogP contribution < -0.4 is 5.32 Å². The van der Waals surface area contributed by atoms with E-state index < -0.39 is 60.8 Å². The lowest BCUT2D eigenvalue weighted by molar-refractivity contribution is -0.137. The quantitative estimate of drug-likeness (QED) is 0.491. The molecule has 0 spiro atoms. The summed E-state index contributed by atoms with van der Waals surface area (Å²) in [5.74, 6) is -3.34. The molecule has 0 saturated heterocycles. The van der Waals surface area contributed by atoms with Gasteiger partial charge < -0.3 is 10.4 Å². The third-order valence-electron chi connectivity index (χ3n) is 3.74. The van der Waals surface area contributed by atoms with Gasteiger partial charge in [-0.2, -0.15) is 18.4 Å². The summed E-state index contributed by atoms with van der Waals surface area (Å²) in [6.07, 6.45) is -2.09. The Morgan fingerprint density at radius 3 is 2.40 bits per heavy atom. The number of halogens is 4. The van der Waals surface area contributed by atoms with Gasteiger partial charge >= 0.3 is 6.18 Å². The maximum atomic E-state index is 13.0. The molecule has 0 aromatic heterocycles. The van der Waals surface area contributed by atoms with E-state index in [1.807, 2.05) is 5.32 Å². The molecule has 0 radical (unpaired) electrons. The Bertz CT molecular complexity index is 1050. The molecule has 2 N–H and O–H groups in total. The number of sulfone groups is 1. The summed E-state index contributed by atoms with van der Waals surface area (Å²) in [5.41, 5.74) is -4.92. The van der Waals surface area contributed by atoms with E-state index in [1.165, 1.54) is 13.0 Å². The predicted octanol–water partition coefficient (Wildman–Crippen LogP) is 3.62. The van der Waals surface area contributed by atoms with Gasteiger partial charge in [0.1, 0.15) is 5.83 Å². The summed E-state index contributed by atoms with van der Waals surface area (Å²) < 4.78 is 76.7. The molecule has 162 valence electrons. The zero-order chi connectivity index (χ0) is 23.3. The van der Waals surface area contributed by atoms with Gasteiger partial charge in [-0.15, -0.1) is 0 Å². The maximum absolute atomic E-state index is 13.0. The van der Waals surface area contributed by atoms with E-state index in [1.54, 1.807) is 0 Å². The SMILES string of the molecule is C=C(F)/C=C\C(=C/C)S(=O)(=O)CC(C)(O)C(=O)Nc1ccc(C#N)c(C(F)(F)F)c1. The highest BCUT2D eigenvalue weighted by atomic mass is 32.2. The number of alkyl halides is 3. The van der Waals surface area contributed by atoms with Gasteiger partial charge in [0.2, 0.25) is 0 Å². The highest BCUT2D eigenvalue weighted by Crippen LogP contribution is 2.33. The Hall–Kier alpha value is -2.97. The Kier molecular flexibility index (Phi) is 7.71. The molecular weight excluding hydrogens is 428 g/mol. The van der Waals surface area contributed by atoms with E-state index in [-0.39, 0.29) is 0 Å². The maximum Gasteiger partial charge on any atom is 0.417 e. The average Bonchev–Trinajstić information content (AvgIpc) is 2.59. The molecule has 0 fully saturated rings. The third kappa shape index (κ3) is 6.53. The number of hydrogen-bond donors (Lipinski definition) is 2. The van der Waals surface area contributed by atoms with Crippen LogP contribution in [0, 0.1) is 11.3 Å². The molecule has 1 aromatic carbocycles. The number of anilines is 1. The second-order valence-electron chi connectivity index (χ2n) is 6.33. The fraction of sp³-hybridized carbons (Fsp3) is 0.263. The van der Waals surface area contributed by atoms with Crippen LogP contribution in [0.4, 0.5) is 23.2 Å². The number of aliphatic hydroxyl groups is 1. The Morgan fingerprint density at radius 2 is 1.93 bits per heavy atom. The number of nitrogens with one attached hydrogen (secondary N) is 1. The molecule has 0 saturated carbocycles. The van der Waals surface area contributed by atoms with Crippen molar-refractivity contribution in [1.29, 1.82) is 5.26 Å². The van der Waals surface area contributed by atoms with E-state index >= 15 is 0 Å². The van der Waals surface area contributed by atoms with Crippen LogP contribution in [0.1, 0.15) is 25.0 Å². The van der Waals surface area contributed by atoms with E-state index in [4.69, 9.17) is 5.26 Å². The molecule has 1 aromatic rings. The number of carbonyl (C=O) groups is 1. The molecule has 0 bridgehead atoms. The van der Waals surface area contributed by atoms with Crippen LogP contribution in [0.15, 0.2) is 53.7 Å². The van der Waals surface area contributed by atoms with Gasteiger partial charge in [0.15, 0.2) is 15.4 Å². The Labute approximate surface area is 170 Å². The smallest absolute Gasteiger partial charge is 0.379 e. The van der Waals surface area contributed by atoms with Gasteiger partial charge in [-0.1, -0.05) is 12.7 Å². The molecular formula is C19H18F4N2O4S. The van der Waals surface area contributed by atoms with Crippen molar-refractivity contribution in [3.8, 4) is 6.07 Å². The van der Waals surface area contributed by atoms with Gasteiger partial charge in [-0.25, -0.2) is 12.8 Å². The molecule has 0 aliphatic carbocycles. The van der Waals surface area contributed by atoms with Gasteiger partial charge in [0, 0.05) is 5.69 Å². The first-order valence-electron chi connectivity index (χ1n) is 8.21. The van der Waals surface area contributed by atoms with Gasteiger partial charge in [0.25, 0.3) is 5.91 Å². The Morgan fingerprint density at radius 1 is 1.33 bits per heavy atom. The minimum absolute atomic E-state index is 0.396. The first kappa shape index (κ1) is 25.1. The monoisotopic (exact) mass is 446 g/mol.